The number of para-hydroxylation sites is 1. The number of benzene rings is 1. The van der Waals surface area contributed by atoms with E-state index < -0.39 is 0 Å². The molecule has 0 saturated carbocycles. The standard InChI is InChI=1S/C17H27NO/c1-17(2,3)15-10-7-8-13(16(15)19-4)12-14-9-5-6-11-18-14/h7-8,10,14,18H,5-6,9,11-12H2,1-4H3. The Morgan fingerprint density at radius 2 is 2.05 bits per heavy atom. The van der Waals surface area contributed by atoms with E-state index in [2.05, 4.69) is 44.3 Å². The molecule has 1 aromatic rings. The number of methoxy groups -OCH3 is 1. The van der Waals surface area contributed by atoms with Crippen LogP contribution in [0.5, 0.6) is 5.75 Å². The number of nitrogens with one attached hydrogen (secondary N) is 1. The molecule has 0 radical (unpaired) electrons. The summed E-state index contributed by atoms with van der Waals surface area (Å²) in [4.78, 5) is 0. The van der Waals surface area contributed by atoms with Crippen molar-refractivity contribution < 1.29 is 4.74 Å². The quantitative estimate of drug-likeness (QED) is 0.896. The van der Waals surface area contributed by atoms with Gasteiger partial charge in [0.1, 0.15) is 5.75 Å². The van der Waals surface area contributed by atoms with Gasteiger partial charge in [0.2, 0.25) is 0 Å². The number of hydrogen-bond donors (Lipinski definition) is 1. The minimum atomic E-state index is 0.126. The van der Waals surface area contributed by atoms with Crippen molar-refractivity contribution in [2.45, 2.75) is 57.9 Å². The third-order valence-corrected chi connectivity index (χ3v) is 3.99. The van der Waals surface area contributed by atoms with E-state index in [1.807, 2.05) is 0 Å². The van der Waals surface area contributed by atoms with Crippen LogP contribution in [0.4, 0.5) is 0 Å². The highest BCUT2D eigenvalue weighted by molar-refractivity contribution is 5.45. The molecule has 1 aliphatic rings. The van der Waals surface area contributed by atoms with Gasteiger partial charge in [0.15, 0.2) is 0 Å². The second-order valence-electron chi connectivity index (χ2n) is 6.60. The lowest BCUT2D eigenvalue weighted by atomic mass is 9.84. The molecular formula is C17H27NO. The molecule has 1 fully saturated rings. The maximum Gasteiger partial charge on any atom is 0.125 e. The highest BCUT2D eigenvalue weighted by atomic mass is 16.5. The van der Waals surface area contributed by atoms with E-state index in [0.717, 1.165) is 18.7 Å². The summed E-state index contributed by atoms with van der Waals surface area (Å²) in [5.74, 6) is 1.09. The average Bonchev–Trinajstić information content (AvgIpc) is 2.38. The van der Waals surface area contributed by atoms with E-state index in [-0.39, 0.29) is 5.41 Å². The van der Waals surface area contributed by atoms with Crippen LogP contribution in [-0.2, 0) is 11.8 Å². The number of rotatable bonds is 3. The normalized spacial score (nSPS) is 20.3. The van der Waals surface area contributed by atoms with Crippen molar-refractivity contribution >= 4 is 0 Å². The van der Waals surface area contributed by atoms with Gasteiger partial charge in [-0.25, -0.2) is 0 Å². The Bertz CT molecular complexity index is 414. The van der Waals surface area contributed by atoms with Gasteiger partial charge in [-0.15, -0.1) is 0 Å². The molecule has 2 heteroatoms. The molecule has 0 aromatic heterocycles. The van der Waals surface area contributed by atoms with Crippen LogP contribution in [-0.4, -0.2) is 19.7 Å². The van der Waals surface area contributed by atoms with Gasteiger partial charge in [-0.1, -0.05) is 45.4 Å². The largest absolute Gasteiger partial charge is 0.496 e. The molecule has 1 atom stereocenters. The summed E-state index contributed by atoms with van der Waals surface area (Å²) in [5, 5.41) is 3.62. The van der Waals surface area contributed by atoms with E-state index in [0.29, 0.717) is 6.04 Å². The highest BCUT2D eigenvalue weighted by Gasteiger charge is 2.22. The van der Waals surface area contributed by atoms with Crippen LogP contribution >= 0.6 is 0 Å². The fourth-order valence-electron chi connectivity index (χ4n) is 2.94. The molecule has 0 spiro atoms. The first-order valence-corrected chi connectivity index (χ1v) is 7.42. The van der Waals surface area contributed by atoms with Crippen molar-refractivity contribution in [3.8, 4) is 5.75 Å². The van der Waals surface area contributed by atoms with Crippen LogP contribution in [0.15, 0.2) is 18.2 Å². The second-order valence-corrected chi connectivity index (χ2v) is 6.60. The molecule has 0 bridgehead atoms. The van der Waals surface area contributed by atoms with E-state index in [1.54, 1.807) is 7.11 Å². The first-order chi connectivity index (χ1) is 9.02. The Hall–Kier alpha value is -1.02. The SMILES string of the molecule is COc1c(CC2CCCCN2)cccc1C(C)(C)C. The van der Waals surface area contributed by atoms with Gasteiger partial charge in [0.05, 0.1) is 7.11 Å². The van der Waals surface area contributed by atoms with Crippen LogP contribution in [0, 0.1) is 0 Å². The lowest BCUT2D eigenvalue weighted by Gasteiger charge is -2.27. The molecule has 1 unspecified atom stereocenters. The Labute approximate surface area is 117 Å². The topological polar surface area (TPSA) is 21.3 Å². The van der Waals surface area contributed by atoms with E-state index in [1.165, 1.54) is 30.4 Å². The summed E-state index contributed by atoms with van der Waals surface area (Å²) in [6, 6.07) is 7.18. The Balaban J connectivity index is 2.24. The zero-order valence-corrected chi connectivity index (χ0v) is 12.8. The van der Waals surface area contributed by atoms with Crippen molar-refractivity contribution in [3.05, 3.63) is 29.3 Å². The second kappa shape index (κ2) is 5.96. The third-order valence-electron chi connectivity index (χ3n) is 3.99. The summed E-state index contributed by atoms with van der Waals surface area (Å²) in [6.07, 6.45) is 5.02. The van der Waals surface area contributed by atoms with Crippen molar-refractivity contribution in [3.63, 3.8) is 0 Å². The van der Waals surface area contributed by atoms with Crippen molar-refractivity contribution in [1.29, 1.82) is 0 Å². The predicted molar refractivity (Wildman–Crippen MR) is 81.0 cm³/mol. The lowest BCUT2D eigenvalue weighted by Crippen LogP contribution is -2.35. The molecule has 1 aromatic carbocycles. The molecular weight excluding hydrogens is 234 g/mol. The minimum Gasteiger partial charge on any atom is -0.496 e. The van der Waals surface area contributed by atoms with Crippen molar-refractivity contribution in [1.82, 2.24) is 5.32 Å². The summed E-state index contributed by atoms with van der Waals surface area (Å²) < 4.78 is 5.72. The maximum absolute atomic E-state index is 5.72. The van der Waals surface area contributed by atoms with Gasteiger partial charge in [-0.3, -0.25) is 0 Å². The van der Waals surface area contributed by atoms with Crippen LogP contribution in [0.3, 0.4) is 0 Å². The van der Waals surface area contributed by atoms with Crippen molar-refractivity contribution in [2.75, 3.05) is 13.7 Å². The Kier molecular flexibility index (Phi) is 4.51. The van der Waals surface area contributed by atoms with Gasteiger partial charge in [-0.2, -0.15) is 0 Å². The van der Waals surface area contributed by atoms with E-state index >= 15 is 0 Å². The summed E-state index contributed by atoms with van der Waals surface area (Å²) in [6.45, 7) is 7.89. The predicted octanol–water partition coefficient (Wildman–Crippen LogP) is 3.68. The minimum absolute atomic E-state index is 0.126. The van der Waals surface area contributed by atoms with E-state index in [4.69, 9.17) is 4.74 Å². The van der Waals surface area contributed by atoms with Gasteiger partial charge in [0.25, 0.3) is 0 Å². The molecule has 1 aliphatic heterocycles. The first kappa shape index (κ1) is 14.4. The number of ether oxygens (including phenoxy) is 1. The molecule has 106 valence electrons. The van der Waals surface area contributed by atoms with E-state index in [9.17, 15) is 0 Å². The van der Waals surface area contributed by atoms with Gasteiger partial charge >= 0.3 is 0 Å². The van der Waals surface area contributed by atoms with Gasteiger partial charge in [-0.05, 0) is 42.3 Å². The van der Waals surface area contributed by atoms with Crippen LogP contribution in [0.2, 0.25) is 0 Å². The fourth-order valence-corrected chi connectivity index (χ4v) is 2.94. The van der Waals surface area contributed by atoms with Crippen molar-refractivity contribution in [2.24, 2.45) is 0 Å². The maximum atomic E-state index is 5.72. The van der Waals surface area contributed by atoms with Crippen LogP contribution in [0.1, 0.15) is 51.2 Å². The monoisotopic (exact) mass is 261 g/mol. The Morgan fingerprint density at radius 3 is 2.63 bits per heavy atom. The summed E-state index contributed by atoms with van der Waals surface area (Å²) in [7, 11) is 1.79. The lowest BCUT2D eigenvalue weighted by molar-refractivity contribution is 0.373. The zero-order valence-electron chi connectivity index (χ0n) is 12.8. The van der Waals surface area contributed by atoms with Gasteiger partial charge < -0.3 is 10.1 Å². The molecule has 1 heterocycles. The summed E-state index contributed by atoms with van der Waals surface area (Å²) in [5.41, 5.74) is 2.78. The Morgan fingerprint density at radius 1 is 1.26 bits per heavy atom. The summed E-state index contributed by atoms with van der Waals surface area (Å²) >= 11 is 0. The molecule has 2 rings (SSSR count). The fraction of sp³-hybridized carbons (Fsp3) is 0.647. The van der Waals surface area contributed by atoms with Gasteiger partial charge in [0, 0.05) is 6.04 Å². The number of piperidine rings is 1. The van der Waals surface area contributed by atoms with Crippen LogP contribution in [0.25, 0.3) is 0 Å². The molecule has 0 amide bonds. The molecule has 2 nitrogen and oxygen atoms in total. The smallest absolute Gasteiger partial charge is 0.125 e. The molecule has 19 heavy (non-hydrogen) atoms. The highest BCUT2D eigenvalue weighted by Crippen LogP contribution is 2.34. The average molecular weight is 261 g/mol. The molecule has 1 N–H and O–H groups in total. The third kappa shape index (κ3) is 3.50. The first-order valence-electron chi connectivity index (χ1n) is 7.42. The van der Waals surface area contributed by atoms with Crippen LogP contribution < -0.4 is 10.1 Å². The zero-order chi connectivity index (χ0) is 13.9. The number of hydrogen-bond acceptors (Lipinski definition) is 2. The molecule has 1 saturated heterocycles. The molecule has 0 aliphatic carbocycles.